The van der Waals surface area contributed by atoms with Crippen LogP contribution in [0.5, 0.6) is 0 Å². The Kier molecular flexibility index (Phi) is 3.55. The zero-order valence-corrected chi connectivity index (χ0v) is 11.8. The number of benzene rings is 1. The minimum absolute atomic E-state index is 0.0387. The number of fused-ring (bicyclic) bond motifs is 1. The first-order valence-electron chi connectivity index (χ1n) is 7.24. The Hall–Kier alpha value is -2.08. The van der Waals surface area contributed by atoms with E-state index in [1.165, 1.54) is 0 Å². The summed E-state index contributed by atoms with van der Waals surface area (Å²) in [5.74, 6) is -0.971. The molecule has 21 heavy (non-hydrogen) atoms. The molecule has 0 unspecified atom stereocenters. The monoisotopic (exact) mass is 289 g/mol. The maximum atomic E-state index is 12.6. The highest BCUT2D eigenvalue weighted by atomic mass is 16.4. The summed E-state index contributed by atoms with van der Waals surface area (Å²) in [5, 5.41) is 9.09. The first kappa shape index (κ1) is 13.9. The van der Waals surface area contributed by atoms with Gasteiger partial charge in [-0.2, -0.15) is 0 Å². The van der Waals surface area contributed by atoms with Crippen molar-refractivity contribution in [3.63, 3.8) is 0 Å². The number of carboxylic acids is 1. The number of nitrogens with zero attached hydrogens (tertiary/aromatic N) is 2. The number of nitrogens with two attached hydrogens (primary N) is 1. The summed E-state index contributed by atoms with van der Waals surface area (Å²) in [6.45, 7) is 1.95. The SMILES string of the molecule is NC1CCN(C(=O)N2CCc3ccc(C(=O)O)cc32)CC1. The molecule has 1 aromatic carbocycles. The van der Waals surface area contributed by atoms with E-state index in [9.17, 15) is 9.59 Å². The zero-order valence-electron chi connectivity index (χ0n) is 11.8. The van der Waals surface area contributed by atoms with Gasteiger partial charge in [-0.15, -0.1) is 0 Å². The highest BCUT2D eigenvalue weighted by molar-refractivity contribution is 5.97. The first-order valence-corrected chi connectivity index (χ1v) is 7.24. The number of carbonyl (C=O) groups is 2. The molecule has 3 rings (SSSR count). The number of urea groups is 1. The fraction of sp³-hybridized carbons (Fsp3) is 0.467. The number of carboxylic acid groups (broad SMARTS) is 1. The molecule has 2 aliphatic rings. The molecule has 6 nitrogen and oxygen atoms in total. The molecule has 0 saturated carbocycles. The summed E-state index contributed by atoms with van der Waals surface area (Å²) in [4.78, 5) is 27.2. The number of carbonyl (C=O) groups excluding carboxylic acids is 1. The summed E-state index contributed by atoms with van der Waals surface area (Å²) in [6, 6.07) is 5.13. The quantitative estimate of drug-likeness (QED) is 0.815. The molecule has 6 heteroatoms. The van der Waals surface area contributed by atoms with Crippen LogP contribution in [0.4, 0.5) is 10.5 Å². The van der Waals surface area contributed by atoms with Crippen molar-refractivity contribution in [2.24, 2.45) is 5.73 Å². The van der Waals surface area contributed by atoms with Gasteiger partial charge in [0.1, 0.15) is 0 Å². The van der Waals surface area contributed by atoms with E-state index >= 15 is 0 Å². The second kappa shape index (κ2) is 5.37. The van der Waals surface area contributed by atoms with Gasteiger partial charge in [-0.25, -0.2) is 9.59 Å². The Morgan fingerprint density at radius 2 is 1.90 bits per heavy atom. The van der Waals surface area contributed by atoms with Crippen molar-refractivity contribution in [3.05, 3.63) is 29.3 Å². The number of hydrogen-bond acceptors (Lipinski definition) is 3. The molecule has 0 aromatic heterocycles. The highest BCUT2D eigenvalue weighted by Gasteiger charge is 2.30. The second-order valence-electron chi connectivity index (χ2n) is 5.66. The normalized spacial score (nSPS) is 18.7. The second-order valence-corrected chi connectivity index (χ2v) is 5.66. The molecule has 2 amide bonds. The number of amides is 2. The van der Waals surface area contributed by atoms with Gasteiger partial charge in [0.25, 0.3) is 0 Å². The lowest BCUT2D eigenvalue weighted by Gasteiger charge is -2.33. The van der Waals surface area contributed by atoms with Crippen LogP contribution in [-0.2, 0) is 6.42 Å². The summed E-state index contributed by atoms with van der Waals surface area (Å²) >= 11 is 0. The molecular formula is C15H19N3O3. The van der Waals surface area contributed by atoms with Gasteiger partial charge in [0.15, 0.2) is 0 Å². The van der Waals surface area contributed by atoms with E-state index in [-0.39, 0.29) is 17.6 Å². The van der Waals surface area contributed by atoms with Gasteiger partial charge < -0.3 is 15.7 Å². The predicted molar refractivity (Wildman–Crippen MR) is 78.6 cm³/mol. The van der Waals surface area contributed by atoms with Crippen molar-refractivity contribution in [1.82, 2.24) is 4.90 Å². The van der Waals surface area contributed by atoms with Crippen LogP contribution in [0.15, 0.2) is 18.2 Å². The fourth-order valence-electron chi connectivity index (χ4n) is 2.97. The van der Waals surface area contributed by atoms with Crippen LogP contribution in [0.3, 0.4) is 0 Å². The number of aromatic carboxylic acids is 1. The first-order chi connectivity index (χ1) is 10.1. The van der Waals surface area contributed by atoms with Gasteiger partial charge in [-0.1, -0.05) is 6.07 Å². The third-order valence-corrected chi connectivity index (χ3v) is 4.27. The Morgan fingerprint density at radius 1 is 1.19 bits per heavy atom. The topological polar surface area (TPSA) is 86.9 Å². The third-order valence-electron chi connectivity index (χ3n) is 4.27. The van der Waals surface area contributed by atoms with E-state index in [1.54, 1.807) is 23.1 Å². The highest BCUT2D eigenvalue weighted by Crippen LogP contribution is 2.30. The molecule has 2 heterocycles. The van der Waals surface area contributed by atoms with Crippen molar-refractivity contribution in [2.45, 2.75) is 25.3 Å². The van der Waals surface area contributed by atoms with E-state index in [2.05, 4.69) is 0 Å². The number of anilines is 1. The van der Waals surface area contributed by atoms with Crippen LogP contribution in [0.25, 0.3) is 0 Å². The lowest BCUT2D eigenvalue weighted by Crippen LogP contribution is -2.48. The average Bonchev–Trinajstić information content (AvgIpc) is 2.90. The molecule has 3 N–H and O–H groups in total. The maximum absolute atomic E-state index is 12.6. The largest absolute Gasteiger partial charge is 0.478 e. The predicted octanol–water partition coefficient (Wildman–Crippen LogP) is 1.29. The standard InChI is InChI=1S/C15H19N3O3/c16-12-4-6-17(7-5-12)15(21)18-8-3-10-1-2-11(14(19)20)9-13(10)18/h1-2,9,12H,3-8,16H2,(H,19,20). The van der Waals surface area contributed by atoms with Gasteiger partial charge in [-0.05, 0) is 37.0 Å². The molecular weight excluding hydrogens is 270 g/mol. The van der Waals surface area contributed by atoms with Crippen molar-refractivity contribution < 1.29 is 14.7 Å². The van der Waals surface area contributed by atoms with E-state index in [0.29, 0.717) is 19.6 Å². The Bertz CT molecular complexity index is 580. The maximum Gasteiger partial charge on any atom is 0.335 e. The van der Waals surface area contributed by atoms with Crippen molar-refractivity contribution in [1.29, 1.82) is 0 Å². The van der Waals surface area contributed by atoms with Crippen LogP contribution in [-0.4, -0.2) is 47.7 Å². The molecule has 1 aromatic rings. The van der Waals surface area contributed by atoms with Gasteiger partial charge in [0, 0.05) is 31.4 Å². The van der Waals surface area contributed by atoms with E-state index in [0.717, 1.165) is 30.5 Å². The summed E-state index contributed by atoms with van der Waals surface area (Å²) in [6.07, 6.45) is 2.41. The molecule has 0 radical (unpaired) electrons. The van der Waals surface area contributed by atoms with E-state index < -0.39 is 5.97 Å². The summed E-state index contributed by atoms with van der Waals surface area (Å²) in [5.41, 5.74) is 7.84. The molecule has 2 aliphatic heterocycles. The van der Waals surface area contributed by atoms with Crippen LogP contribution < -0.4 is 10.6 Å². The van der Waals surface area contributed by atoms with E-state index in [4.69, 9.17) is 10.8 Å². The number of piperidine rings is 1. The van der Waals surface area contributed by atoms with Crippen LogP contribution in [0.2, 0.25) is 0 Å². The molecule has 0 spiro atoms. The lowest BCUT2D eigenvalue weighted by molar-refractivity contribution is 0.0697. The molecule has 0 bridgehead atoms. The van der Waals surface area contributed by atoms with Crippen molar-refractivity contribution in [3.8, 4) is 0 Å². The zero-order chi connectivity index (χ0) is 15.0. The van der Waals surface area contributed by atoms with Crippen LogP contribution in [0, 0.1) is 0 Å². The average molecular weight is 289 g/mol. The van der Waals surface area contributed by atoms with E-state index in [1.807, 2.05) is 4.90 Å². The number of likely N-dealkylation sites (tertiary alicyclic amines) is 1. The van der Waals surface area contributed by atoms with Gasteiger partial charge in [-0.3, -0.25) is 4.90 Å². The lowest BCUT2D eigenvalue weighted by atomic mass is 10.1. The number of hydrogen-bond donors (Lipinski definition) is 2. The number of rotatable bonds is 1. The van der Waals surface area contributed by atoms with Crippen LogP contribution in [0.1, 0.15) is 28.8 Å². The fourth-order valence-corrected chi connectivity index (χ4v) is 2.97. The molecule has 0 aliphatic carbocycles. The minimum Gasteiger partial charge on any atom is -0.478 e. The Morgan fingerprint density at radius 3 is 2.57 bits per heavy atom. The van der Waals surface area contributed by atoms with Crippen molar-refractivity contribution in [2.75, 3.05) is 24.5 Å². The van der Waals surface area contributed by atoms with Crippen molar-refractivity contribution >= 4 is 17.7 Å². The summed E-state index contributed by atoms with van der Waals surface area (Å²) in [7, 11) is 0. The summed E-state index contributed by atoms with van der Waals surface area (Å²) < 4.78 is 0. The molecule has 1 fully saturated rings. The molecule has 1 saturated heterocycles. The Balaban J connectivity index is 1.81. The third kappa shape index (κ3) is 2.58. The minimum atomic E-state index is -0.971. The van der Waals surface area contributed by atoms with Gasteiger partial charge in [0.05, 0.1) is 5.56 Å². The Labute approximate surface area is 123 Å². The van der Waals surface area contributed by atoms with Gasteiger partial charge >= 0.3 is 12.0 Å². The van der Waals surface area contributed by atoms with Crippen LogP contribution >= 0.6 is 0 Å². The molecule has 0 atom stereocenters. The van der Waals surface area contributed by atoms with Gasteiger partial charge in [0.2, 0.25) is 0 Å². The smallest absolute Gasteiger partial charge is 0.335 e. The molecule has 112 valence electrons.